The molecule has 18 nitrogen and oxygen atoms in total. The highest BCUT2D eigenvalue weighted by Crippen LogP contribution is 2.37. The minimum atomic E-state index is -1.13. The highest BCUT2D eigenvalue weighted by atomic mass is 16.5. The van der Waals surface area contributed by atoms with Gasteiger partial charge in [-0.3, -0.25) is 24.5 Å². The Morgan fingerprint density at radius 3 is 1.74 bits per heavy atom. The lowest BCUT2D eigenvalue weighted by Crippen LogP contribution is -2.56. The third kappa shape index (κ3) is 8.97. The van der Waals surface area contributed by atoms with Crippen molar-refractivity contribution in [1.82, 2.24) is 50.2 Å². The first-order valence-corrected chi connectivity index (χ1v) is 22.8. The number of rotatable bonds is 11. The van der Waals surface area contributed by atoms with Crippen molar-refractivity contribution in [3.05, 3.63) is 84.7 Å². The van der Waals surface area contributed by atoms with E-state index in [-0.39, 0.29) is 35.7 Å². The van der Waals surface area contributed by atoms with Gasteiger partial charge in [0.15, 0.2) is 0 Å². The number of amides is 4. The Morgan fingerprint density at radius 1 is 0.697 bits per heavy atom. The summed E-state index contributed by atoms with van der Waals surface area (Å²) in [6, 6.07) is 18.7. The summed E-state index contributed by atoms with van der Waals surface area (Å²) in [5, 5.41) is 22.1. The molecule has 18 heteroatoms. The number of carbonyl (C=O) groups excluding carboxylic acids is 3. The quantitative estimate of drug-likeness (QED) is 0.119. The summed E-state index contributed by atoms with van der Waals surface area (Å²) >= 11 is 0. The van der Waals surface area contributed by atoms with Gasteiger partial charge in [-0.05, 0) is 90.0 Å². The van der Waals surface area contributed by atoms with Crippen molar-refractivity contribution < 1.29 is 38.5 Å². The molecule has 4 amide bonds. The van der Waals surface area contributed by atoms with Gasteiger partial charge >= 0.3 is 12.2 Å². The van der Waals surface area contributed by atoms with Gasteiger partial charge in [0.05, 0.1) is 30.9 Å². The van der Waals surface area contributed by atoms with Gasteiger partial charge < -0.3 is 34.6 Å². The first-order valence-electron chi connectivity index (χ1n) is 22.8. The van der Waals surface area contributed by atoms with Crippen molar-refractivity contribution >= 4 is 34.8 Å². The molecule has 4 atom stereocenters. The number of benzene rings is 3. The molecule has 0 spiro atoms. The van der Waals surface area contributed by atoms with E-state index in [0.717, 1.165) is 49.3 Å². The van der Waals surface area contributed by atoms with E-state index in [1.807, 2.05) is 30.3 Å². The van der Waals surface area contributed by atoms with Crippen molar-refractivity contribution in [3.63, 3.8) is 0 Å². The Labute approximate surface area is 383 Å². The van der Waals surface area contributed by atoms with Crippen molar-refractivity contribution in [2.75, 3.05) is 67.8 Å². The molecule has 0 unspecified atom stereocenters. The van der Waals surface area contributed by atoms with Crippen LogP contribution in [0.15, 0.2) is 73.1 Å². The number of imidazole rings is 2. The molecule has 4 saturated heterocycles. The standard InChI is InChI=1S/C48H58N10O8/c1-54-19-13-39(57(54)45(59)41(53-47(61)64-4)31-15-21-65-22-16-31)43-50-28-38(52-43)36-12-11-34-25-33(9-10-35(34)26-36)29-5-7-30(8-6-29)37-27-49-44(51-37)40-14-20-55(2)58(40)46(60)42(56(3)48(62)63)32-17-23-66-24-18-32/h5-12,25-28,31-32,39-42H,13-24H2,1-4H3,(H,49,51)(H,50,52)(H,53,61)(H,62,63)/t39-,40-,41-,42-/m0/s1. The Balaban J connectivity index is 0.880. The SMILES string of the molecule is COC(=O)N[C@H](C(=O)N1[C@H](c2ncc(-c3ccc4cc(-c5ccc(-c6cnc([C@@H]7CCN(C)N7C(=O)[C@H](C7CCOCC7)N(C)C(=O)O)[nH]6)cc5)ccc4c3)[nH]2)CCN1C)C1CCOCC1. The van der Waals surface area contributed by atoms with Crippen LogP contribution in [0.25, 0.3) is 44.4 Å². The Bertz CT molecular complexity index is 2550. The van der Waals surface area contributed by atoms with Gasteiger partial charge in [-0.1, -0.05) is 48.5 Å². The van der Waals surface area contributed by atoms with E-state index in [1.54, 1.807) is 16.2 Å². The summed E-state index contributed by atoms with van der Waals surface area (Å²) in [6.45, 7) is 3.37. The lowest BCUT2D eigenvalue weighted by atomic mass is 9.90. The topological polar surface area (TPSA) is 202 Å². The lowest BCUT2D eigenvalue weighted by molar-refractivity contribution is -0.154. The number of hydrogen-bond acceptors (Lipinski definition) is 11. The minimum Gasteiger partial charge on any atom is -0.465 e. The summed E-state index contributed by atoms with van der Waals surface area (Å²) in [6.07, 6.45) is 5.74. The Hall–Kier alpha value is -6.34. The largest absolute Gasteiger partial charge is 0.465 e. The zero-order chi connectivity index (χ0) is 46.1. The molecule has 5 aromatic rings. The number of methoxy groups -OCH3 is 1. The number of ether oxygens (including phenoxy) is 3. The Morgan fingerprint density at radius 2 is 1.18 bits per heavy atom. The number of likely N-dealkylation sites (N-methyl/N-ethyl adjacent to an activating group) is 1. The van der Waals surface area contributed by atoms with Gasteiger partial charge in [0.1, 0.15) is 35.8 Å². The van der Waals surface area contributed by atoms with Crippen LogP contribution >= 0.6 is 0 Å². The summed E-state index contributed by atoms with van der Waals surface area (Å²) in [5.74, 6) is 0.687. The van der Waals surface area contributed by atoms with Gasteiger partial charge in [-0.2, -0.15) is 0 Å². The maximum Gasteiger partial charge on any atom is 0.407 e. The first kappa shape index (κ1) is 44.8. The predicted octanol–water partition coefficient (Wildman–Crippen LogP) is 6.08. The second-order valence-corrected chi connectivity index (χ2v) is 17.8. The van der Waals surface area contributed by atoms with Crippen molar-refractivity contribution in [2.45, 2.75) is 62.7 Å². The summed E-state index contributed by atoms with van der Waals surface area (Å²) in [5.41, 5.74) is 5.71. The van der Waals surface area contributed by atoms with Crippen LogP contribution in [0.1, 0.15) is 62.3 Å². The fourth-order valence-corrected chi connectivity index (χ4v) is 10.2. The van der Waals surface area contributed by atoms with Crippen LogP contribution in [0.2, 0.25) is 0 Å². The number of alkyl carbamates (subject to hydrolysis) is 1. The van der Waals surface area contributed by atoms with E-state index >= 15 is 0 Å². The summed E-state index contributed by atoms with van der Waals surface area (Å²) in [4.78, 5) is 70.5. The number of aromatic nitrogens is 4. The molecule has 0 bridgehead atoms. The summed E-state index contributed by atoms with van der Waals surface area (Å²) in [7, 11) is 6.52. The molecule has 4 N–H and O–H groups in total. The normalized spacial score (nSPS) is 21.0. The van der Waals surface area contributed by atoms with E-state index in [4.69, 9.17) is 24.2 Å². The van der Waals surface area contributed by atoms with Gasteiger partial charge in [0.2, 0.25) is 0 Å². The van der Waals surface area contributed by atoms with Crippen LogP contribution in [0, 0.1) is 11.8 Å². The zero-order valence-corrected chi connectivity index (χ0v) is 37.8. The van der Waals surface area contributed by atoms with Crippen LogP contribution in [-0.2, 0) is 23.8 Å². The van der Waals surface area contributed by atoms with Crippen LogP contribution in [0.4, 0.5) is 9.59 Å². The molecule has 2 aromatic heterocycles. The van der Waals surface area contributed by atoms with Gasteiger partial charge in [-0.25, -0.2) is 29.6 Å². The van der Waals surface area contributed by atoms with Crippen molar-refractivity contribution in [1.29, 1.82) is 0 Å². The molecule has 0 saturated carbocycles. The zero-order valence-electron chi connectivity index (χ0n) is 37.8. The highest BCUT2D eigenvalue weighted by molar-refractivity contribution is 5.91. The molecular formula is C48H58N10O8. The molecule has 66 heavy (non-hydrogen) atoms. The number of hydrazine groups is 2. The maximum absolute atomic E-state index is 14.2. The number of hydrogen-bond donors (Lipinski definition) is 4. The minimum absolute atomic E-state index is 0.0721. The van der Waals surface area contributed by atoms with E-state index < -0.39 is 24.3 Å². The molecule has 3 aromatic carbocycles. The number of nitrogens with zero attached hydrogens (tertiary/aromatic N) is 7. The first-order chi connectivity index (χ1) is 32.0. The Kier molecular flexibility index (Phi) is 13.1. The van der Waals surface area contributed by atoms with Gasteiger partial charge in [-0.15, -0.1) is 0 Å². The molecule has 6 heterocycles. The number of carboxylic acid groups (broad SMARTS) is 1. The number of fused-ring (bicyclic) bond motifs is 1. The fourth-order valence-electron chi connectivity index (χ4n) is 10.2. The molecule has 9 rings (SSSR count). The van der Waals surface area contributed by atoms with E-state index in [9.17, 15) is 24.3 Å². The van der Waals surface area contributed by atoms with Crippen molar-refractivity contribution in [2.24, 2.45) is 11.8 Å². The number of nitrogens with one attached hydrogen (secondary N) is 3. The van der Waals surface area contributed by atoms with Crippen LogP contribution in [-0.4, -0.2) is 154 Å². The van der Waals surface area contributed by atoms with Gasteiger partial charge in [0, 0.05) is 66.2 Å². The smallest absolute Gasteiger partial charge is 0.407 e. The van der Waals surface area contributed by atoms with Crippen LogP contribution in [0.5, 0.6) is 0 Å². The van der Waals surface area contributed by atoms with E-state index in [0.29, 0.717) is 89.7 Å². The summed E-state index contributed by atoms with van der Waals surface area (Å²) < 4.78 is 16.0. The molecule has 4 aliphatic heterocycles. The second-order valence-electron chi connectivity index (χ2n) is 17.8. The highest BCUT2D eigenvalue weighted by Gasteiger charge is 2.45. The van der Waals surface area contributed by atoms with E-state index in [2.05, 4.69) is 75.9 Å². The number of carbonyl (C=O) groups is 4. The molecule has 0 aliphatic carbocycles. The fraction of sp³-hybridized carbons (Fsp3) is 0.458. The number of H-pyrrole nitrogens is 2. The van der Waals surface area contributed by atoms with Gasteiger partial charge in [0.25, 0.3) is 11.8 Å². The molecule has 348 valence electrons. The average Bonchev–Trinajstić information content (AvgIpc) is 4.18. The van der Waals surface area contributed by atoms with Crippen LogP contribution in [0.3, 0.4) is 0 Å². The lowest BCUT2D eigenvalue weighted by Gasteiger charge is -2.39. The average molecular weight is 903 g/mol. The third-order valence-corrected chi connectivity index (χ3v) is 13.9. The molecule has 4 fully saturated rings. The predicted molar refractivity (Wildman–Crippen MR) is 244 cm³/mol. The van der Waals surface area contributed by atoms with E-state index in [1.165, 1.54) is 14.2 Å². The molecule has 4 aliphatic rings. The molecular weight excluding hydrogens is 845 g/mol. The third-order valence-electron chi connectivity index (χ3n) is 13.9. The second kappa shape index (κ2) is 19.2. The maximum atomic E-state index is 14.2. The van der Waals surface area contributed by atoms with Crippen molar-refractivity contribution in [3.8, 4) is 33.6 Å². The van der Waals surface area contributed by atoms with Crippen LogP contribution < -0.4 is 5.32 Å². The number of aromatic amines is 2. The molecule has 0 radical (unpaired) electrons. The monoisotopic (exact) mass is 902 g/mol.